The topological polar surface area (TPSA) is 34.4 Å². The minimum atomic E-state index is 0.121. The SMILES string of the molecule is CCNC(c1ccc2c(c1)CCO2)c1ccco1. The number of fused-ring (bicyclic) bond motifs is 1. The molecule has 0 radical (unpaired) electrons. The molecule has 18 heavy (non-hydrogen) atoms. The molecular formula is C15H17NO2. The summed E-state index contributed by atoms with van der Waals surface area (Å²) in [7, 11) is 0. The molecule has 3 nitrogen and oxygen atoms in total. The molecule has 0 spiro atoms. The summed E-state index contributed by atoms with van der Waals surface area (Å²) in [6.45, 7) is 3.80. The average molecular weight is 243 g/mol. The molecule has 0 amide bonds. The summed E-state index contributed by atoms with van der Waals surface area (Å²) in [5.41, 5.74) is 2.53. The fraction of sp³-hybridized carbons (Fsp3) is 0.333. The predicted molar refractivity (Wildman–Crippen MR) is 69.9 cm³/mol. The number of ether oxygens (including phenoxy) is 1. The summed E-state index contributed by atoms with van der Waals surface area (Å²) in [4.78, 5) is 0. The molecule has 0 aliphatic carbocycles. The van der Waals surface area contributed by atoms with Gasteiger partial charge in [0, 0.05) is 6.42 Å². The summed E-state index contributed by atoms with van der Waals surface area (Å²) in [5.74, 6) is 1.98. The molecule has 0 saturated heterocycles. The van der Waals surface area contributed by atoms with Crippen molar-refractivity contribution in [2.75, 3.05) is 13.2 Å². The Balaban J connectivity index is 1.95. The van der Waals surface area contributed by atoms with E-state index in [0.29, 0.717) is 0 Å². The second-order valence-electron chi connectivity index (χ2n) is 4.47. The summed E-state index contributed by atoms with van der Waals surface area (Å²) in [5, 5.41) is 3.46. The highest BCUT2D eigenvalue weighted by molar-refractivity contribution is 5.42. The van der Waals surface area contributed by atoms with E-state index in [1.54, 1.807) is 6.26 Å². The van der Waals surface area contributed by atoms with Gasteiger partial charge in [-0.15, -0.1) is 0 Å². The lowest BCUT2D eigenvalue weighted by Crippen LogP contribution is -2.21. The normalized spacial score (nSPS) is 15.2. The van der Waals surface area contributed by atoms with Crippen LogP contribution in [0, 0.1) is 0 Å². The highest BCUT2D eigenvalue weighted by Crippen LogP contribution is 2.30. The van der Waals surface area contributed by atoms with Gasteiger partial charge in [-0.1, -0.05) is 13.0 Å². The zero-order valence-electron chi connectivity index (χ0n) is 10.5. The average Bonchev–Trinajstić information content (AvgIpc) is 3.05. The van der Waals surface area contributed by atoms with Crippen LogP contribution < -0.4 is 10.1 Å². The molecule has 0 fully saturated rings. The fourth-order valence-electron chi connectivity index (χ4n) is 2.43. The summed E-state index contributed by atoms with van der Waals surface area (Å²) in [6.07, 6.45) is 2.72. The van der Waals surface area contributed by atoms with Crippen molar-refractivity contribution in [2.24, 2.45) is 0 Å². The van der Waals surface area contributed by atoms with E-state index in [-0.39, 0.29) is 6.04 Å². The van der Waals surface area contributed by atoms with Crippen molar-refractivity contribution in [2.45, 2.75) is 19.4 Å². The van der Waals surface area contributed by atoms with Crippen molar-refractivity contribution < 1.29 is 9.15 Å². The van der Waals surface area contributed by atoms with Gasteiger partial charge >= 0.3 is 0 Å². The molecular weight excluding hydrogens is 226 g/mol. The molecule has 0 bridgehead atoms. The minimum absolute atomic E-state index is 0.121. The molecule has 94 valence electrons. The van der Waals surface area contributed by atoms with Gasteiger partial charge < -0.3 is 14.5 Å². The van der Waals surface area contributed by atoms with Crippen LogP contribution in [-0.2, 0) is 6.42 Å². The van der Waals surface area contributed by atoms with Gasteiger partial charge in [0.05, 0.1) is 18.9 Å². The van der Waals surface area contributed by atoms with Gasteiger partial charge in [-0.05, 0) is 41.9 Å². The zero-order chi connectivity index (χ0) is 12.4. The van der Waals surface area contributed by atoms with Crippen LogP contribution in [0.15, 0.2) is 41.0 Å². The van der Waals surface area contributed by atoms with Crippen LogP contribution in [-0.4, -0.2) is 13.2 Å². The van der Waals surface area contributed by atoms with Crippen LogP contribution in [0.2, 0.25) is 0 Å². The van der Waals surface area contributed by atoms with Crippen molar-refractivity contribution in [3.05, 3.63) is 53.5 Å². The van der Waals surface area contributed by atoms with Gasteiger partial charge in [0.15, 0.2) is 0 Å². The smallest absolute Gasteiger partial charge is 0.125 e. The maximum Gasteiger partial charge on any atom is 0.125 e. The van der Waals surface area contributed by atoms with Crippen LogP contribution >= 0.6 is 0 Å². The fourth-order valence-corrected chi connectivity index (χ4v) is 2.43. The first-order valence-electron chi connectivity index (χ1n) is 6.41. The van der Waals surface area contributed by atoms with Gasteiger partial charge in [0.2, 0.25) is 0 Å². The van der Waals surface area contributed by atoms with Crippen LogP contribution in [0.5, 0.6) is 5.75 Å². The molecule has 0 saturated carbocycles. The van der Waals surface area contributed by atoms with E-state index in [4.69, 9.17) is 9.15 Å². The summed E-state index contributed by atoms with van der Waals surface area (Å²) < 4.78 is 11.1. The zero-order valence-corrected chi connectivity index (χ0v) is 10.5. The minimum Gasteiger partial charge on any atom is -0.493 e. The molecule has 2 aromatic rings. The van der Waals surface area contributed by atoms with Crippen LogP contribution in [0.3, 0.4) is 0 Å². The first kappa shape index (κ1) is 11.4. The molecule has 1 N–H and O–H groups in total. The third-order valence-corrected chi connectivity index (χ3v) is 3.28. The molecule has 3 heteroatoms. The Bertz CT molecular complexity index is 519. The number of benzene rings is 1. The number of nitrogens with one attached hydrogen (secondary N) is 1. The van der Waals surface area contributed by atoms with E-state index < -0.39 is 0 Å². The molecule has 1 aromatic carbocycles. The maximum absolute atomic E-state index is 5.54. The van der Waals surface area contributed by atoms with Gasteiger partial charge in [0.1, 0.15) is 11.5 Å². The van der Waals surface area contributed by atoms with Gasteiger partial charge in [0.25, 0.3) is 0 Å². The van der Waals surface area contributed by atoms with Crippen molar-refractivity contribution in [3.8, 4) is 5.75 Å². The van der Waals surface area contributed by atoms with E-state index in [0.717, 1.165) is 31.1 Å². The Morgan fingerprint density at radius 2 is 2.28 bits per heavy atom. The standard InChI is InChI=1S/C15H17NO2/c1-2-16-15(14-4-3-8-17-14)12-5-6-13-11(10-12)7-9-18-13/h3-6,8,10,15-16H,2,7,9H2,1H3. The van der Waals surface area contributed by atoms with Crippen molar-refractivity contribution in [1.82, 2.24) is 5.32 Å². The molecule has 1 aliphatic heterocycles. The Morgan fingerprint density at radius 3 is 3.06 bits per heavy atom. The lowest BCUT2D eigenvalue weighted by atomic mass is 10.0. The number of hydrogen-bond acceptors (Lipinski definition) is 3. The third-order valence-electron chi connectivity index (χ3n) is 3.28. The summed E-state index contributed by atoms with van der Waals surface area (Å²) >= 11 is 0. The van der Waals surface area contributed by atoms with Crippen LogP contribution in [0.25, 0.3) is 0 Å². The number of hydrogen-bond donors (Lipinski definition) is 1. The molecule has 1 aromatic heterocycles. The lowest BCUT2D eigenvalue weighted by Gasteiger charge is -2.16. The molecule has 2 heterocycles. The third kappa shape index (κ3) is 2.02. The highest BCUT2D eigenvalue weighted by atomic mass is 16.5. The second-order valence-corrected chi connectivity index (χ2v) is 4.47. The monoisotopic (exact) mass is 243 g/mol. The van der Waals surface area contributed by atoms with E-state index in [2.05, 4.69) is 30.4 Å². The molecule has 1 aliphatic rings. The van der Waals surface area contributed by atoms with Gasteiger partial charge in [-0.3, -0.25) is 0 Å². The summed E-state index contributed by atoms with van der Waals surface area (Å²) in [6, 6.07) is 10.5. The Kier molecular flexibility index (Phi) is 3.07. The predicted octanol–water partition coefficient (Wildman–Crippen LogP) is 2.91. The Morgan fingerprint density at radius 1 is 1.33 bits per heavy atom. The van der Waals surface area contributed by atoms with E-state index in [9.17, 15) is 0 Å². The van der Waals surface area contributed by atoms with Crippen molar-refractivity contribution >= 4 is 0 Å². The second kappa shape index (κ2) is 4.86. The largest absolute Gasteiger partial charge is 0.493 e. The Hall–Kier alpha value is -1.74. The molecule has 3 rings (SSSR count). The van der Waals surface area contributed by atoms with E-state index >= 15 is 0 Å². The molecule has 1 unspecified atom stereocenters. The first-order chi connectivity index (χ1) is 8.88. The quantitative estimate of drug-likeness (QED) is 0.896. The van der Waals surface area contributed by atoms with Crippen molar-refractivity contribution in [1.29, 1.82) is 0 Å². The first-order valence-corrected chi connectivity index (χ1v) is 6.41. The van der Waals surface area contributed by atoms with Gasteiger partial charge in [-0.2, -0.15) is 0 Å². The highest BCUT2D eigenvalue weighted by Gasteiger charge is 2.19. The van der Waals surface area contributed by atoms with E-state index in [1.165, 1.54) is 11.1 Å². The Labute approximate surface area is 107 Å². The van der Waals surface area contributed by atoms with Crippen molar-refractivity contribution in [3.63, 3.8) is 0 Å². The number of furan rings is 1. The lowest BCUT2D eigenvalue weighted by molar-refractivity contribution is 0.356. The van der Waals surface area contributed by atoms with Crippen LogP contribution in [0.1, 0.15) is 29.9 Å². The van der Waals surface area contributed by atoms with Crippen LogP contribution in [0.4, 0.5) is 0 Å². The maximum atomic E-state index is 5.54. The number of rotatable bonds is 4. The van der Waals surface area contributed by atoms with E-state index in [1.807, 2.05) is 12.1 Å². The molecule has 1 atom stereocenters. The van der Waals surface area contributed by atoms with Gasteiger partial charge in [-0.25, -0.2) is 0 Å².